The molecule has 0 aliphatic heterocycles. The lowest BCUT2D eigenvalue weighted by molar-refractivity contribution is 0.0467. The van der Waals surface area contributed by atoms with E-state index in [4.69, 9.17) is 27.9 Å². The number of hydrogen-bond acceptors (Lipinski definition) is 4. The molecule has 2 aromatic carbocycles. The molecule has 4 nitrogen and oxygen atoms in total. The Balaban J connectivity index is 0.00000338. The minimum atomic E-state index is -0.367. The van der Waals surface area contributed by atoms with Crippen molar-refractivity contribution in [2.75, 3.05) is 31.6 Å². The van der Waals surface area contributed by atoms with Crippen molar-refractivity contribution in [2.24, 2.45) is 0 Å². The third-order valence-corrected chi connectivity index (χ3v) is 4.72. The summed E-state index contributed by atoms with van der Waals surface area (Å²) in [5.74, 6) is -0.367. The third-order valence-electron chi connectivity index (χ3n) is 3.90. The summed E-state index contributed by atoms with van der Waals surface area (Å²) >= 11 is 12.2. The predicted molar refractivity (Wildman–Crippen MR) is 112 cm³/mol. The first-order valence-corrected chi connectivity index (χ1v) is 9.02. The van der Waals surface area contributed by atoms with E-state index in [0.29, 0.717) is 40.1 Å². The molecule has 0 spiro atoms. The summed E-state index contributed by atoms with van der Waals surface area (Å²) in [5, 5.41) is 4.02. The van der Waals surface area contributed by atoms with Gasteiger partial charge in [0.2, 0.25) is 0 Å². The van der Waals surface area contributed by atoms with Gasteiger partial charge in [-0.3, -0.25) is 0 Å². The van der Waals surface area contributed by atoms with E-state index in [9.17, 15) is 4.79 Å². The van der Waals surface area contributed by atoms with Crippen LogP contribution in [0.4, 0.5) is 11.4 Å². The number of nitrogens with one attached hydrogen (secondary N) is 1. The molecule has 1 N–H and O–H groups in total. The highest BCUT2D eigenvalue weighted by Crippen LogP contribution is 2.32. The lowest BCUT2D eigenvalue weighted by Crippen LogP contribution is -2.28. The molecule has 0 unspecified atom stereocenters. The number of rotatable bonds is 8. The SMILES string of the molecule is CCN(CC)CCOC(=O)c1ccccc1Nc1cccc(Cl)c1Cl.Cl. The first kappa shape index (κ1) is 22.6. The van der Waals surface area contributed by atoms with Crippen LogP contribution in [-0.2, 0) is 4.74 Å². The standard InChI is InChI=1S/C19H22Cl2N2O2.ClH/c1-3-23(4-2)12-13-25-19(24)14-8-5-6-10-16(14)22-17-11-7-9-15(20)18(17)21;/h5-11,22H,3-4,12-13H2,1-2H3;1H. The average Bonchev–Trinajstić information content (AvgIpc) is 2.63. The molecule has 142 valence electrons. The number of anilines is 2. The Morgan fingerprint density at radius 1 is 1.04 bits per heavy atom. The topological polar surface area (TPSA) is 41.6 Å². The van der Waals surface area contributed by atoms with Crippen molar-refractivity contribution in [1.82, 2.24) is 4.90 Å². The highest BCUT2D eigenvalue weighted by atomic mass is 35.5. The second kappa shape index (κ2) is 11.3. The van der Waals surface area contributed by atoms with Crippen molar-refractivity contribution in [3.63, 3.8) is 0 Å². The fourth-order valence-electron chi connectivity index (χ4n) is 2.40. The first-order valence-electron chi connectivity index (χ1n) is 8.26. The monoisotopic (exact) mass is 416 g/mol. The van der Waals surface area contributed by atoms with Crippen molar-refractivity contribution < 1.29 is 9.53 Å². The first-order chi connectivity index (χ1) is 12.1. The van der Waals surface area contributed by atoms with E-state index in [1.807, 2.05) is 6.07 Å². The molecule has 0 radical (unpaired) electrons. The van der Waals surface area contributed by atoms with Gasteiger partial charge in [-0.05, 0) is 37.4 Å². The number of hydrogen-bond donors (Lipinski definition) is 1. The van der Waals surface area contributed by atoms with E-state index >= 15 is 0 Å². The van der Waals surface area contributed by atoms with E-state index in [1.165, 1.54) is 0 Å². The number of esters is 1. The van der Waals surface area contributed by atoms with E-state index in [2.05, 4.69) is 24.1 Å². The zero-order valence-electron chi connectivity index (χ0n) is 14.8. The number of carbonyl (C=O) groups is 1. The summed E-state index contributed by atoms with van der Waals surface area (Å²) in [6.07, 6.45) is 0. The molecule has 0 atom stereocenters. The Hall–Kier alpha value is -1.46. The van der Waals surface area contributed by atoms with Gasteiger partial charge >= 0.3 is 5.97 Å². The Kier molecular flexibility index (Phi) is 9.81. The van der Waals surface area contributed by atoms with Crippen LogP contribution in [0.2, 0.25) is 10.0 Å². The molecule has 0 aromatic heterocycles. The van der Waals surface area contributed by atoms with Gasteiger partial charge in [-0.2, -0.15) is 0 Å². The van der Waals surface area contributed by atoms with Gasteiger partial charge < -0.3 is 15.0 Å². The number of para-hydroxylation sites is 1. The largest absolute Gasteiger partial charge is 0.461 e. The molecule has 7 heteroatoms. The maximum Gasteiger partial charge on any atom is 0.340 e. The Bertz CT molecular complexity index is 722. The van der Waals surface area contributed by atoms with Gasteiger partial charge in [0.15, 0.2) is 0 Å². The van der Waals surface area contributed by atoms with Crippen LogP contribution < -0.4 is 5.32 Å². The van der Waals surface area contributed by atoms with Gasteiger partial charge in [0, 0.05) is 6.54 Å². The van der Waals surface area contributed by atoms with Crippen LogP contribution in [-0.4, -0.2) is 37.1 Å². The van der Waals surface area contributed by atoms with Crippen molar-refractivity contribution in [1.29, 1.82) is 0 Å². The van der Waals surface area contributed by atoms with E-state index in [-0.39, 0.29) is 18.4 Å². The van der Waals surface area contributed by atoms with Gasteiger partial charge in [0.1, 0.15) is 6.61 Å². The van der Waals surface area contributed by atoms with Gasteiger partial charge in [-0.25, -0.2) is 4.79 Å². The number of benzene rings is 2. The summed E-state index contributed by atoms with van der Waals surface area (Å²) in [6, 6.07) is 12.5. The van der Waals surface area contributed by atoms with Crippen LogP contribution in [0.25, 0.3) is 0 Å². The lowest BCUT2D eigenvalue weighted by Gasteiger charge is -2.18. The average molecular weight is 418 g/mol. The molecule has 0 bridgehead atoms. The van der Waals surface area contributed by atoms with E-state index < -0.39 is 0 Å². The predicted octanol–water partition coefficient (Wildman–Crippen LogP) is 5.66. The molecule has 0 aliphatic rings. The molecule has 26 heavy (non-hydrogen) atoms. The molecular formula is C19H23Cl3N2O2. The van der Waals surface area contributed by atoms with Crippen LogP contribution in [0.1, 0.15) is 24.2 Å². The summed E-state index contributed by atoms with van der Waals surface area (Å²) in [7, 11) is 0. The lowest BCUT2D eigenvalue weighted by atomic mass is 10.1. The highest BCUT2D eigenvalue weighted by molar-refractivity contribution is 6.43. The van der Waals surface area contributed by atoms with Crippen molar-refractivity contribution >= 4 is 53.0 Å². The van der Waals surface area contributed by atoms with Crippen LogP contribution in [0.5, 0.6) is 0 Å². The molecule has 2 rings (SSSR count). The third kappa shape index (κ3) is 6.06. The molecule has 0 heterocycles. The maximum absolute atomic E-state index is 12.4. The van der Waals surface area contributed by atoms with Crippen molar-refractivity contribution in [2.45, 2.75) is 13.8 Å². The van der Waals surface area contributed by atoms with Crippen LogP contribution in [0.15, 0.2) is 42.5 Å². The van der Waals surface area contributed by atoms with Gasteiger partial charge in [-0.1, -0.05) is 55.2 Å². The number of halogens is 3. The molecule has 0 fully saturated rings. The number of ether oxygens (including phenoxy) is 1. The van der Waals surface area contributed by atoms with Crippen molar-refractivity contribution in [3.05, 3.63) is 58.1 Å². The molecule has 0 aliphatic carbocycles. The number of likely N-dealkylation sites (N-methyl/N-ethyl adjacent to an activating group) is 1. The molecule has 0 saturated carbocycles. The Morgan fingerprint density at radius 2 is 1.69 bits per heavy atom. The fraction of sp³-hybridized carbons (Fsp3) is 0.316. The summed E-state index contributed by atoms with van der Waals surface area (Å²) in [5.41, 5.74) is 1.72. The van der Waals surface area contributed by atoms with Crippen LogP contribution in [0.3, 0.4) is 0 Å². The van der Waals surface area contributed by atoms with Crippen LogP contribution in [0, 0.1) is 0 Å². The van der Waals surface area contributed by atoms with Gasteiger partial charge in [-0.15, -0.1) is 12.4 Å². The summed E-state index contributed by atoms with van der Waals surface area (Å²) in [6.45, 7) is 7.10. The van der Waals surface area contributed by atoms with E-state index in [0.717, 1.165) is 13.1 Å². The highest BCUT2D eigenvalue weighted by Gasteiger charge is 2.14. The summed E-state index contributed by atoms with van der Waals surface area (Å²) in [4.78, 5) is 14.6. The quantitative estimate of drug-likeness (QED) is 0.563. The number of nitrogens with zero attached hydrogens (tertiary/aromatic N) is 1. The zero-order valence-corrected chi connectivity index (χ0v) is 17.1. The van der Waals surface area contributed by atoms with Gasteiger partial charge in [0.05, 0.1) is 27.0 Å². The molecular weight excluding hydrogens is 395 g/mol. The van der Waals surface area contributed by atoms with E-state index in [1.54, 1.807) is 36.4 Å². The Morgan fingerprint density at radius 3 is 2.38 bits per heavy atom. The minimum absolute atomic E-state index is 0. The molecule has 2 aromatic rings. The van der Waals surface area contributed by atoms with Gasteiger partial charge in [0.25, 0.3) is 0 Å². The number of carbonyl (C=O) groups excluding carboxylic acids is 1. The molecule has 0 amide bonds. The van der Waals surface area contributed by atoms with Crippen molar-refractivity contribution in [3.8, 4) is 0 Å². The zero-order chi connectivity index (χ0) is 18.2. The second-order valence-electron chi connectivity index (χ2n) is 5.43. The second-order valence-corrected chi connectivity index (χ2v) is 6.22. The minimum Gasteiger partial charge on any atom is -0.461 e. The Labute approximate surface area is 170 Å². The maximum atomic E-state index is 12.4. The smallest absolute Gasteiger partial charge is 0.340 e. The fourth-order valence-corrected chi connectivity index (χ4v) is 2.75. The van der Waals surface area contributed by atoms with Crippen LogP contribution >= 0.6 is 35.6 Å². The normalized spacial score (nSPS) is 10.3. The molecule has 0 saturated heterocycles. The summed E-state index contributed by atoms with van der Waals surface area (Å²) < 4.78 is 5.41.